The second kappa shape index (κ2) is 2.73. The van der Waals surface area contributed by atoms with Crippen LogP contribution < -0.4 is 5.56 Å². The minimum absolute atomic E-state index is 0. The Balaban J connectivity index is 0.000000360. The van der Waals surface area contributed by atoms with Crippen LogP contribution in [-0.2, 0) is 0 Å². The van der Waals surface area contributed by atoms with E-state index in [1.165, 1.54) is 6.07 Å². The number of aromatic nitrogens is 2. The molecule has 0 saturated heterocycles. The molecular formula is C3H5LiN2O. The predicted octanol–water partition coefficient (Wildman–Crippen LogP) is -0.946. The fourth-order valence-electron chi connectivity index (χ4n) is 0.272. The molecule has 1 rings (SSSR count). The van der Waals surface area contributed by atoms with Crippen molar-refractivity contribution in [3.63, 3.8) is 0 Å². The first-order chi connectivity index (χ1) is 2.89. The van der Waals surface area contributed by atoms with Crippen LogP contribution in [-0.4, -0.2) is 29.1 Å². The van der Waals surface area contributed by atoms with Crippen LogP contribution >= 0.6 is 0 Å². The van der Waals surface area contributed by atoms with Gasteiger partial charge in [-0.2, -0.15) is 0 Å². The van der Waals surface area contributed by atoms with Crippen LogP contribution in [0.2, 0.25) is 0 Å². The van der Waals surface area contributed by atoms with Crippen molar-refractivity contribution in [1.29, 1.82) is 0 Å². The van der Waals surface area contributed by atoms with Gasteiger partial charge in [0.05, 0.1) is 0 Å². The van der Waals surface area contributed by atoms with Crippen LogP contribution in [0.15, 0.2) is 17.1 Å². The quantitative estimate of drug-likeness (QED) is 0.398. The van der Waals surface area contributed by atoms with Gasteiger partial charge in [-0.25, -0.2) is 0 Å². The van der Waals surface area contributed by atoms with E-state index in [9.17, 15) is 4.79 Å². The molecule has 0 unspecified atom stereocenters. The van der Waals surface area contributed by atoms with E-state index in [1.807, 2.05) is 0 Å². The van der Waals surface area contributed by atoms with Crippen LogP contribution in [0.1, 0.15) is 0 Å². The summed E-state index contributed by atoms with van der Waals surface area (Å²) in [7, 11) is 0. The Morgan fingerprint density at radius 3 is 2.43 bits per heavy atom. The number of rotatable bonds is 0. The van der Waals surface area contributed by atoms with Gasteiger partial charge in [0.1, 0.15) is 0 Å². The molecular weight excluding hydrogens is 87.0 g/mol. The van der Waals surface area contributed by atoms with Gasteiger partial charge < -0.3 is 5.10 Å². The molecule has 1 aromatic rings. The van der Waals surface area contributed by atoms with Crippen molar-refractivity contribution < 1.29 is 0 Å². The summed E-state index contributed by atoms with van der Waals surface area (Å²) in [5.74, 6) is 0. The van der Waals surface area contributed by atoms with Crippen molar-refractivity contribution in [2.75, 3.05) is 0 Å². The van der Waals surface area contributed by atoms with Crippen LogP contribution in [0, 0.1) is 0 Å². The molecule has 0 spiro atoms. The molecule has 1 heterocycles. The standard InChI is InChI=1S/C3H4N2O.Li.H/c6-3-1-2-4-5-3;;/h1-2H,(H2,4,5,6);;. The van der Waals surface area contributed by atoms with Crippen LogP contribution in [0.4, 0.5) is 0 Å². The molecule has 7 heavy (non-hydrogen) atoms. The Morgan fingerprint density at radius 2 is 2.29 bits per heavy atom. The van der Waals surface area contributed by atoms with Crippen molar-refractivity contribution in [1.82, 2.24) is 10.2 Å². The van der Waals surface area contributed by atoms with E-state index in [1.54, 1.807) is 6.20 Å². The summed E-state index contributed by atoms with van der Waals surface area (Å²) in [6, 6.07) is 1.42. The van der Waals surface area contributed by atoms with E-state index in [0.29, 0.717) is 0 Å². The van der Waals surface area contributed by atoms with Crippen LogP contribution in [0.3, 0.4) is 0 Å². The Morgan fingerprint density at radius 1 is 1.57 bits per heavy atom. The number of nitrogens with one attached hydrogen (secondary N) is 2. The summed E-state index contributed by atoms with van der Waals surface area (Å²) < 4.78 is 0. The zero-order chi connectivity index (χ0) is 4.41. The molecule has 0 atom stereocenters. The van der Waals surface area contributed by atoms with Crippen molar-refractivity contribution in [2.24, 2.45) is 0 Å². The van der Waals surface area contributed by atoms with Crippen molar-refractivity contribution in [3.05, 3.63) is 22.6 Å². The van der Waals surface area contributed by atoms with Gasteiger partial charge in [0, 0.05) is 12.3 Å². The Kier molecular flexibility index (Phi) is 2.57. The average molecular weight is 92.0 g/mol. The molecule has 0 saturated carbocycles. The number of aromatic amines is 2. The number of hydrogen-bond acceptors (Lipinski definition) is 1. The molecule has 1 aromatic heterocycles. The molecule has 4 heteroatoms. The van der Waals surface area contributed by atoms with Gasteiger partial charge in [-0.1, -0.05) is 0 Å². The molecule has 0 aliphatic rings. The fourth-order valence-corrected chi connectivity index (χ4v) is 0.272. The van der Waals surface area contributed by atoms with Crippen molar-refractivity contribution in [3.8, 4) is 0 Å². The van der Waals surface area contributed by atoms with E-state index >= 15 is 0 Å². The molecule has 2 N–H and O–H groups in total. The van der Waals surface area contributed by atoms with E-state index in [4.69, 9.17) is 0 Å². The van der Waals surface area contributed by atoms with Gasteiger partial charge in [-0.15, -0.1) is 0 Å². The second-order valence-electron chi connectivity index (χ2n) is 0.967. The number of H-pyrrole nitrogens is 2. The molecule has 0 bridgehead atoms. The third-order valence-corrected chi connectivity index (χ3v) is 0.513. The Labute approximate surface area is 52.3 Å². The average Bonchev–Trinajstić information content (AvgIpc) is 1.86. The second-order valence-corrected chi connectivity index (χ2v) is 0.967. The zero-order valence-corrected chi connectivity index (χ0v) is 3.06. The fraction of sp³-hybridized carbons (Fsp3) is 0. The molecule has 0 amide bonds. The van der Waals surface area contributed by atoms with Crippen molar-refractivity contribution >= 4 is 18.9 Å². The van der Waals surface area contributed by atoms with Gasteiger partial charge in [-0.3, -0.25) is 9.89 Å². The topological polar surface area (TPSA) is 48.6 Å². The normalized spacial score (nSPS) is 7.43. The first-order valence-electron chi connectivity index (χ1n) is 1.61. The third kappa shape index (κ3) is 1.67. The first kappa shape index (κ1) is 6.61. The minimum atomic E-state index is -0.0880. The van der Waals surface area contributed by atoms with Gasteiger partial charge >= 0.3 is 18.9 Å². The maximum absolute atomic E-state index is 9.98. The third-order valence-electron chi connectivity index (χ3n) is 0.513. The summed E-state index contributed by atoms with van der Waals surface area (Å²) in [6.45, 7) is 0. The zero-order valence-electron chi connectivity index (χ0n) is 3.06. The molecule has 0 aliphatic heterocycles. The van der Waals surface area contributed by atoms with E-state index in [2.05, 4.69) is 10.2 Å². The van der Waals surface area contributed by atoms with Gasteiger partial charge in [0.15, 0.2) is 0 Å². The summed E-state index contributed by atoms with van der Waals surface area (Å²) in [5, 5.41) is 4.81. The monoisotopic (exact) mass is 92.1 g/mol. The van der Waals surface area contributed by atoms with Gasteiger partial charge in [-0.05, 0) is 0 Å². The van der Waals surface area contributed by atoms with Gasteiger partial charge in [0.25, 0.3) is 5.56 Å². The molecule has 3 nitrogen and oxygen atoms in total. The van der Waals surface area contributed by atoms with E-state index in [-0.39, 0.29) is 24.4 Å². The molecule has 0 aliphatic carbocycles. The molecule has 0 radical (unpaired) electrons. The first-order valence-corrected chi connectivity index (χ1v) is 1.61. The van der Waals surface area contributed by atoms with Gasteiger partial charge in [0.2, 0.25) is 0 Å². The summed E-state index contributed by atoms with van der Waals surface area (Å²) >= 11 is 0. The Bertz CT molecular complexity index is 151. The van der Waals surface area contributed by atoms with Crippen LogP contribution in [0.5, 0.6) is 0 Å². The predicted molar refractivity (Wildman–Crippen MR) is 28.6 cm³/mol. The molecule has 0 aromatic carbocycles. The Hall–Kier alpha value is -0.393. The summed E-state index contributed by atoms with van der Waals surface area (Å²) in [4.78, 5) is 9.98. The van der Waals surface area contributed by atoms with Crippen LogP contribution in [0.25, 0.3) is 0 Å². The van der Waals surface area contributed by atoms with E-state index in [0.717, 1.165) is 0 Å². The summed E-state index contributed by atoms with van der Waals surface area (Å²) in [6.07, 6.45) is 1.54. The number of hydrogen-bond donors (Lipinski definition) is 2. The summed E-state index contributed by atoms with van der Waals surface area (Å²) in [5.41, 5.74) is -0.0880. The van der Waals surface area contributed by atoms with E-state index < -0.39 is 0 Å². The molecule has 0 fully saturated rings. The SMILES string of the molecule is O=c1cc[nH][nH]1.[LiH]. The maximum atomic E-state index is 9.98. The molecule has 34 valence electrons. The van der Waals surface area contributed by atoms with Crippen molar-refractivity contribution in [2.45, 2.75) is 0 Å².